The van der Waals surface area contributed by atoms with Gasteiger partial charge in [0.15, 0.2) is 11.5 Å². The second-order valence-electron chi connectivity index (χ2n) is 7.02. The number of hydrogen-bond acceptors (Lipinski definition) is 6. The number of methoxy groups -OCH3 is 3. The Kier molecular flexibility index (Phi) is 5.68. The number of esters is 1. The smallest absolute Gasteiger partial charge is 0.338 e. The molecule has 154 valence electrons. The first-order valence-corrected chi connectivity index (χ1v) is 8.95. The average molecular weight is 401 g/mol. The molecule has 0 unspecified atom stereocenters. The highest BCUT2D eigenvalue weighted by molar-refractivity contribution is 5.91. The van der Waals surface area contributed by atoms with Gasteiger partial charge in [0.05, 0.1) is 32.5 Å². The first kappa shape index (κ1) is 20.5. The van der Waals surface area contributed by atoms with Crippen molar-refractivity contribution in [1.29, 1.82) is 0 Å². The summed E-state index contributed by atoms with van der Waals surface area (Å²) in [6, 6.07) is 7.93. The zero-order valence-electron chi connectivity index (χ0n) is 17.0. The van der Waals surface area contributed by atoms with Gasteiger partial charge in [0, 0.05) is 0 Å². The molecule has 0 fully saturated rings. The SMILES string of the molecule is COc1cc(COC(=O)c2ccc3c(c2)C([18F])=CC(C)(C)O3)cc(OC)c1OC. The van der Waals surface area contributed by atoms with Crippen LogP contribution in [0.2, 0.25) is 0 Å². The molecule has 7 heteroatoms. The van der Waals surface area contributed by atoms with Gasteiger partial charge in [0.1, 0.15) is 23.8 Å². The summed E-state index contributed by atoms with van der Waals surface area (Å²) in [6.45, 7) is 3.50. The van der Waals surface area contributed by atoms with Gasteiger partial charge in [-0.25, -0.2) is 9.18 Å². The van der Waals surface area contributed by atoms with Crippen molar-refractivity contribution in [3.8, 4) is 23.0 Å². The molecule has 1 aliphatic heterocycles. The minimum absolute atomic E-state index is 0.0194. The molecule has 2 aromatic rings. The lowest BCUT2D eigenvalue weighted by Gasteiger charge is -2.28. The Morgan fingerprint density at radius 2 is 1.69 bits per heavy atom. The molecule has 0 aromatic heterocycles. The summed E-state index contributed by atoms with van der Waals surface area (Å²) in [7, 11) is 4.52. The summed E-state index contributed by atoms with van der Waals surface area (Å²) in [4.78, 5) is 12.5. The summed E-state index contributed by atoms with van der Waals surface area (Å²) < 4.78 is 41.4. The van der Waals surface area contributed by atoms with Crippen molar-refractivity contribution in [2.45, 2.75) is 26.1 Å². The fraction of sp³-hybridized carbons (Fsp3) is 0.318. The molecule has 29 heavy (non-hydrogen) atoms. The summed E-state index contributed by atoms with van der Waals surface area (Å²) in [5.74, 6) is 0.730. The summed E-state index contributed by atoms with van der Waals surface area (Å²) in [5.41, 5.74) is 0.363. The van der Waals surface area contributed by atoms with Crippen LogP contribution in [0, 0.1) is 0 Å². The first-order chi connectivity index (χ1) is 13.8. The second kappa shape index (κ2) is 8.03. The maximum absolute atomic E-state index is 14.4. The minimum atomic E-state index is -0.744. The van der Waals surface area contributed by atoms with E-state index < -0.39 is 17.4 Å². The molecule has 1 aliphatic rings. The van der Waals surface area contributed by atoms with Crippen molar-refractivity contribution < 1.29 is 32.9 Å². The third kappa shape index (κ3) is 4.29. The van der Waals surface area contributed by atoms with E-state index in [0.717, 1.165) is 0 Å². The molecule has 2 aromatic carbocycles. The summed E-state index contributed by atoms with van der Waals surface area (Å²) in [5, 5.41) is 0. The number of carbonyl (C=O) groups is 1. The molecule has 0 N–H and O–H groups in total. The molecule has 0 radical (unpaired) electrons. The van der Waals surface area contributed by atoms with Gasteiger partial charge in [-0.05, 0) is 55.8 Å². The molecule has 0 bridgehead atoms. The Morgan fingerprint density at radius 3 is 2.28 bits per heavy atom. The van der Waals surface area contributed by atoms with Crippen molar-refractivity contribution in [2.75, 3.05) is 21.3 Å². The number of ether oxygens (including phenoxy) is 5. The van der Waals surface area contributed by atoms with Crippen LogP contribution in [0.15, 0.2) is 36.4 Å². The van der Waals surface area contributed by atoms with Gasteiger partial charge in [-0.15, -0.1) is 0 Å². The average Bonchev–Trinajstić information content (AvgIpc) is 2.69. The monoisotopic (exact) mass is 401 g/mol. The van der Waals surface area contributed by atoms with Crippen LogP contribution in [0.4, 0.5) is 4.39 Å². The fourth-order valence-corrected chi connectivity index (χ4v) is 3.08. The van der Waals surface area contributed by atoms with Gasteiger partial charge < -0.3 is 23.7 Å². The maximum atomic E-state index is 14.4. The predicted octanol–water partition coefficient (Wildman–Crippen LogP) is 4.55. The molecule has 0 atom stereocenters. The van der Waals surface area contributed by atoms with Gasteiger partial charge in [0.2, 0.25) is 5.75 Å². The van der Waals surface area contributed by atoms with Crippen LogP contribution in [-0.2, 0) is 11.3 Å². The van der Waals surface area contributed by atoms with Gasteiger partial charge in [0.25, 0.3) is 0 Å². The molecule has 0 saturated carbocycles. The Labute approximate surface area is 168 Å². The van der Waals surface area contributed by atoms with E-state index in [1.807, 2.05) is 0 Å². The second-order valence-corrected chi connectivity index (χ2v) is 7.02. The molecule has 0 spiro atoms. The van der Waals surface area contributed by atoms with Crippen LogP contribution in [0.1, 0.15) is 35.3 Å². The number of carbonyl (C=O) groups excluding carboxylic acids is 1. The molecule has 6 nitrogen and oxygen atoms in total. The molecule has 0 amide bonds. The van der Waals surface area contributed by atoms with E-state index >= 15 is 0 Å². The van der Waals surface area contributed by atoms with Gasteiger partial charge in [-0.1, -0.05) is 0 Å². The highest BCUT2D eigenvalue weighted by Crippen LogP contribution is 2.39. The van der Waals surface area contributed by atoms with Crippen molar-refractivity contribution >= 4 is 11.8 Å². The lowest BCUT2D eigenvalue weighted by molar-refractivity contribution is 0.0472. The van der Waals surface area contributed by atoms with Crippen LogP contribution < -0.4 is 18.9 Å². The van der Waals surface area contributed by atoms with E-state index in [1.165, 1.54) is 33.5 Å². The molecule has 0 saturated heterocycles. The van der Waals surface area contributed by atoms with E-state index in [1.54, 1.807) is 38.1 Å². The van der Waals surface area contributed by atoms with Gasteiger partial charge in [-0.2, -0.15) is 0 Å². The van der Waals surface area contributed by atoms with E-state index in [2.05, 4.69) is 0 Å². The van der Waals surface area contributed by atoms with Gasteiger partial charge >= 0.3 is 5.97 Å². The number of benzene rings is 2. The molecule has 0 aliphatic carbocycles. The lowest BCUT2D eigenvalue weighted by Crippen LogP contribution is -2.28. The van der Waals surface area contributed by atoms with Crippen molar-refractivity contribution in [3.63, 3.8) is 0 Å². The highest BCUT2D eigenvalue weighted by atomic mass is 18.2. The Balaban J connectivity index is 1.78. The third-order valence-corrected chi connectivity index (χ3v) is 4.41. The Hall–Kier alpha value is -3.22. The van der Waals surface area contributed by atoms with Gasteiger partial charge in [-0.3, -0.25) is 0 Å². The van der Waals surface area contributed by atoms with Crippen LogP contribution in [-0.4, -0.2) is 32.9 Å². The van der Waals surface area contributed by atoms with Crippen molar-refractivity contribution in [3.05, 3.63) is 53.1 Å². The largest absolute Gasteiger partial charge is 0.493 e. The van der Waals surface area contributed by atoms with Crippen molar-refractivity contribution in [2.24, 2.45) is 0 Å². The zero-order valence-corrected chi connectivity index (χ0v) is 17.0. The minimum Gasteiger partial charge on any atom is -0.493 e. The molecular formula is C22H23FO6. The highest BCUT2D eigenvalue weighted by Gasteiger charge is 2.27. The van der Waals surface area contributed by atoms with E-state index in [4.69, 9.17) is 23.7 Å². The zero-order chi connectivity index (χ0) is 21.2. The van der Waals surface area contributed by atoms with E-state index in [9.17, 15) is 9.18 Å². The molecule has 1 heterocycles. The maximum Gasteiger partial charge on any atom is 0.338 e. The third-order valence-electron chi connectivity index (χ3n) is 4.41. The molecule has 3 rings (SSSR count). The van der Waals surface area contributed by atoms with E-state index in [-0.39, 0.29) is 17.7 Å². The van der Waals surface area contributed by atoms with Crippen LogP contribution in [0.3, 0.4) is 0 Å². The van der Waals surface area contributed by atoms with Crippen LogP contribution in [0.25, 0.3) is 5.83 Å². The quantitative estimate of drug-likeness (QED) is 0.662. The number of hydrogen-bond donors (Lipinski definition) is 0. The number of halogens is 1. The standard InChI is InChI=1S/C22H23FO6/c1-22(2)11-16(23)15-10-14(6-7-17(15)29-22)21(24)28-12-13-8-18(25-3)20(27-5)19(9-13)26-4/h6-11H,12H2,1-5H3/i23-1. The number of rotatable bonds is 6. The molecular weight excluding hydrogens is 378 g/mol. The van der Waals surface area contributed by atoms with Crippen molar-refractivity contribution in [1.82, 2.24) is 0 Å². The van der Waals surface area contributed by atoms with Crippen LogP contribution >= 0.6 is 0 Å². The summed E-state index contributed by atoms with van der Waals surface area (Å²) >= 11 is 0. The normalized spacial score (nSPS) is 14.2. The first-order valence-electron chi connectivity index (χ1n) is 8.95. The predicted molar refractivity (Wildman–Crippen MR) is 105 cm³/mol. The fourth-order valence-electron chi connectivity index (χ4n) is 3.08. The number of fused-ring (bicyclic) bond motifs is 1. The Bertz CT molecular complexity index is 939. The van der Waals surface area contributed by atoms with Crippen LogP contribution in [0.5, 0.6) is 23.0 Å². The Morgan fingerprint density at radius 1 is 1.03 bits per heavy atom. The summed E-state index contributed by atoms with van der Waals surface area (Å²) in [6.07, 6.45) is 1.38. The topological polar surface area (TPSA) is 63.2 Å². The lowest BCUT2D eigenvalue weighted by atomic mass is 9.99. The van der Waals surface area contributed by atoms with E-state index in [0.29, 0.717) is 28.6 Å².